The van der Waals surface area contributed by atoms with Crippen molar-refractivity contribution in [3.8, 4) is 44.5 Å². The van der Waals surface area contributed by atoms with Crippen LogP contribution in [-0.2, 0) is 0 Å². The van der Waals surface area contributed by atoms with Crippen LogP contribution >= 0.6 is 0 Å². The summed E-state index contributed by atoms with van der Waals surface area (Å²) in [6.45, 7) is 0. The van der Waals surface area contributed by atoms with Crippen molar-refractivity contribution < 1.29 is 19.5 Å². The van der Waals surface area contributed by atoms with Gasteiger partial charge in [0.15, 0.2) is 0 Å². The van der Waals surface area contributed by atoms with Crippen LogP contribution in [0.4, 0.5) is 0 Å². The lowest BCUT2D eigenvalue weighted by atomic mass is 9.83. The normalized spacial score (nSPS) is 14.8. The largest absolute Gasteiger partial charge is 0.456 e. The minimum atomic E-state index is -0.462. The number of benzene rings is 9. The van der Waals surface area contributed by atoms with Gasteiger partial charge in [0.2, 0.25) is 0 Å². The first-order valence-electron chi connectivity index (χ1n) is 21.5. The second-order valence-corrected chi connectivity index (χ2v) is 11.9. The Kier molecular flexibility index (Phi) is 4.25. The maximum Gasteiger partial charge on any atom is 0.136 e. The number of furan rings is 1. The molecule has 10 rings (SSSR count). The van der Waals surface area contributed by atoms with E-state index >= 15 is 0 Å². The molecule has 1 heterocycles. The number of fused-ring (bicyclic) bond motifs is 6. The van der Waals surface area contributed by atoms with Crippen molar-refractivity contribution in [2.24, 2.45) is 0 Å². The fourth-order valence-corrected chi connectivity index (χ4v) is 7.20. The van der Waals surface area contributed by atoms with Crippen LogP contribution in [0.1, 0.15) is 15.1 Å². The third-order valence-corrected chi connectivity index (χ3v) is 9.28. The summed E-state index contributed by atoms with van der Waals surface area (Å²) in [5.41, 5.74) is 3.80. The van der Waals surface area contributed by atoms with Gasteiger partial charge < -0.3 is 4.42 Å². The zero-order valence-electron chi connectivity index (χ0n) is 36.9. The van der Waals surface area contributed by atoms with E-state index in [0.29, 0.717) is 32.8 Å². The molecule has 0 radical (unpaired) electrons. The third kappa shape index (κ3) is 4.33. The highest BCUT2D eigenvalue weighted by molar-refractivity contribution is 6.27. The Morgan fingerprint density at radius 1 is 0.347 bits per heavy atom. The van der Waals surface area contributed by atoms with Crippen LogP contribution in [0.3, 0.4) is 0 Å². The smallest absolute Gasteiger partial charge is 0.136 e. The lowest BCUT2D eigenvalue weighted by molar-refractivity contribution is 0.669. The summed E-state index contributed by atoms with van der Waals surface area (Å²) in [5, 5.41) is 4.92. The fraction of sp³-hybridized carbons (Fsp3) is 0. The molecular weight excluding hydrogens is 593 g/mol. The Hall–Kier alpha value is -6.44. The predicted octanol–water partition coefficient (Wildman–Crippen LogP) is 13.7. The van der Waals surface area contributed by atoms with E-state index in [-0.39, 0.29) is 87.0 Å². The average molecular weight is 634 g/mol. The van der Waals surface area contributed by atoms with Gasteiger partial charge in [-0.15, -0.1) is 0 Å². The molecule has 0 amide bonds. The standard InChI is InChI=1S/C48H30O/c1-3-14-31(15-4-1)33-26-29-44-43(30-33)48-42(24-13-25-45(48)49-44)47-39-22-11-9-20-37(39)46(38-21-10-12-23-40(38)47)41-28-27-34(32-16-5-2-6-17-32)35-18-7-8-19-36(35)41/h1-30H/i2D,5D,6D,13D,16D,17D,24D,25D,26D,29D,30D. The summed E-state index contributed by atoms with van der Waals surface area (Å²) in [6.07, 6.45) is 0. The van der Waals surface area contributed by atoms with Crippen molar-refractivity contribution in [3.05, 3.63) is 182 Å². The lowest BCUT2D eigenvalue weighted by Crippen LogP contribution is -1.92. The van der Waals surface area contributed by atoms with Gasteiger partial charge in [-0.05, 0) is 95.0 Å². The molecular formula is C48H30O. The van der Waals surface area contributed by atoms with Crippen molar-refractivity contribution in [3.63, 3.8) is 0 Å². The topological polar surface area (TPSA) is 13.1 Å². The zero-order valence-corrected chi connectivity index (χ0v) is 25.9. The summed E-state index contributed by atoms with van der Waals surface area (Å²) in [4.78, 5) is 0. The van der Waals surface area contributed by atoms with E-state index in [1.54, 1.807) is 30.3 Å². The van der Waals surface area contributed by atoms with Crippen molar-refractivity contribution >= 4 is 54.3 Å². The van der Waals surface area contributed by atoms with E-state index in [1.807, 2.05) is 84.9 Å². The second kappa shape index (κ2) is 11.1. The van der Waals surface area contributed by atoms with Crippen molar-refractivity contribution in [1.82, 2.24) is 0 Å². The van der Waals surface area contributed by atoms with Gasteiger partial charge in [0, 0.05) is 10.8 Å². The minimum absolute atomic E-state index is 0.0425. The predicted molar refractivity (Wildman–Crippen MR) is 208 cm³/mol. The highest BCUT2D eigenvalue weighted by Gasteiger charge is 2.21. The molecule has 0 saturated heterocycles. The molecule has 0 aliphatic heterocycles. The van der Waals surface area contributed by atoms with Crippen molar-refractivity contribution in [2.75, 3.05) is 0 Å². The van der Waals surface area contributed by atoms with Gasteiger partial charge in [0.1, 0.15) is 11.2 Å². The molecule has 1 aromatic heterocycles. The third-order valence-electron chi connectivity index (χ3n) is 9.28. The Bertz CT molecular complexity index is 3420. The molecule has 0 unspecified atom stereocenters. The zero-order chi connectivity index (χ0) is 41.9. The molecule has 0 aliphatic rings. The van der Waals surface area contributed by atoms with Gasteiger partial charge >= 0.3 is 0 Å². The summed E-state index contributed by atoms with van der Waals surface area (Å²) in [7, 11) is 0. The van der Waals surface area contributed by atoms with E-state index in [0.717, 1.165) is 27.3 Å². The van der Waals surface area contributed by atoms with Crippen LogP contribution in [0, 0.1) is 0 Å². The highest BCUT2D eigenvalue weighted by atomic mass is 16.3. The van der Waals surface area contributed by atoms with Crippen LogP contribution in [0.25, 0.3) is 98.8 Å². The van der Waals surface area contributed by atoms with Gasteiger partial charge in [-0.1, -0.05) is 164 Å². The molecule has 0 saturated carbocycles. The molecule has 0 spiro atoms. The molecule has 0 aliphatic carbocycles. The van der Waals surface area contributed by atoms with Crippen molar-refractivity contribution in [1.29, 1.82) is 0 Å². The molecule has 1 nitrogen and oxygen atoms in total. The average Bonchev–Trinajstić information content (AvgIpc) is 3.68. The lowest BCUT2D eigenvalue weighted by Gasteiger charge is -2.20. The fourth-order valence-electron chi connectivity index (χ4n) is 7.20. The highest BCUT2D eigenvalue weighted by Crippen LogP contribution is 2.48. The van der Waals surface area contributed by atoms with E-state index < -0.39 is 18.1 Å². The number of hydrogen-bond acceptors (Lipinski definition) is 1. The van der Waals surface area contributed by atoms with Gasteiger partial charge in [-0.3, -0.25) is 0 Å². The molecule has 0 atom stereocenters. The van der Waals surface area contributed by atoms with E-state index in [2.05, 4.69) is 0 Å². The van der Waals surface area contributed by atoms with E-state index in [9.17, 15) is 2.74 Å². The maximum atomic E-state index is 9.57. The molecule has 10 aromatic rings. The summed E-state index contributed by atoms with van der Waals surface area (Å²) < 4.78 is 104. The number of rotatable bonds is 4. The Labute approximate surface area is 299 Å². The second-order valence-electron chi connectivity index (χ2n) is 11.9. The Balaban J connectivity index is 1.35. The van der Waals surface area contributed by atoms with Crippen LogP contribution in [0.5, 0.6) is 0 Å². The monoisotopic (exact) mass is 633 g/mol. The van der Waals surface area contributed by atoms with Crippen LogP contribution in [0.2, 0.25) is 0 Å². The SMILES string of the molecule is [2H]c1c([2H])c([2H])c(-c2ccc(-c3c4ccccc4c(-c4c([2H])c([2H])c([2H])c5oc6c([2H])c([2H])c(-c7ccccc7)c([2H])c6c45)c4ccccc34)c3ccccc23)c([2H])c1[2H]. The Morgan fingerprint density at radius 3 is 1.59 bits per heavy atom. The van der Waals surface area contributed by atoms with Crippen LogP contribution in [0.15, 0.2) is 186 Å². The number of hydrogen-bond donors (Lipinski definition) is 0. The van der Waals surface area contributed by atoms with E-state index in [4.69, 9.17) is 16.8 Å². The van der Waals surface area contributed by atoms with Gasteiger partial charge in [0.05, 0.1) is 15.1 Å². The first-order valence-corrected chi connectivity index (χ1v) is 16.0. The van der Waals surface area contributed by atoms with Crippen LogP contribution in [-0.4, -0.2) is 0 Å². The van der Waals surface area contributed by atoms with Crippen LogP contribution < -0.4 is 0 Å². The molecule has 49 heavy (non-hydrogen) atoms. The molecule has 228 valence electrons. The summed E-state index contributed by atoms with van der Waals surface area (Å²) in [5.74, 6) is 0. The molecule has 9 aromatic carbocycles. The van der Waals surface area contributed by atoms with Gasteiger partial charge in [-0.25, -0.2) is 0 Å². The summed E-state index contributed by atoms with van der Waals surface area (Å²) >= 11 is 0. The maximum absolute atomic E-state index is 9.57. The quantitative estimate of drug-likeness (QED) is 0.176. The van der Waals surface area contributed by atoms with E-state index in [1.165, 1.54) is 0 Å². The first kappa shape index (κ1) is 18.8. The molecule has 0 N–H and O–H groups in total. The minimum Gasteiger partial charge on any atom is -0.456 e. The molecule has 0 bridgehead atoms. The van der Waals surface area contributed by atoms with Crippen molar-refractivity contribution in [2.45, 2.75) is 0 Å². The first-order chi connectivity index (χ1) is 28.9. The van der Waals surface area contributed by atoms with Gasteiger partial charge in [-0.2, -0.15) is 0 Å². The molecule has 1 heteroatoms. The molecule has 0 fully saturated rings. The van der Waals surface area contributed by atoms with Gasteiger partial charge in [0.25, 0.3) is 0 Å². The summed E-state index contributed by atoms with van der Waals surface area (Å²) in [6, 6.07) is 32.3. The Morgan fingerprint density at radius 2 is 0.918 bits per heavy atom.